The van der Waals surface area contributed by atoms with Crippen molar-refractivity contribution in [3.05, 3.63) is 108 Å². The van der Waals surface area contributed by atoms with E-state index in [0.717, 1.165) is 26.2 Å². The number of benzene rings is 3. The SMILES string of the molecule is COC(=O)c1ccccc1N(C)c1ncnc(N2CCN(C(c3ccccc3)c3ccccc3)CC2)c1N. The van der Waals surface area contributed by atoms with Crippen LogP contribution in [0.3, 0.4) is 0 Å². The van der Waals surface area contributed by atoms with Crippen LogP contribution in [0.15, 0.2) is 91.3 Å². The Hall–Kier alpha value is -4.43. The van der Waals surface area contributed by atoms with E-state index in [0.29, 0.717) is 28.6 Å². The lowest BCUT2D eigenvalue weighted by molar-refractivity contribution is 0.0601. The predicted molar refractivity (Wildman–Crippen MR) is 151 cm³/mol. The second kappa shape index (κ2) is 11.3. The van der Waals surface area contributed by atoms with Gasteiger partial charge in [-0.3, -0.25) is 4.90 Å². The van der Waals surface area contributed by atoms with Gasteiger partial charge in [0.2, 0.25) is 0 Å². The van der Waals surface area contributed by atoms with Crippen molar-refractivity contribution in [1.29, 1.82) is 0 Å². The summed E-state index contributed by atoms with van der Waals surface area (Å²) in [6.07, 6.45) is 1.53. The lowest BCUT2D eigenvalue weighted by Crippen LogP contribution is -2.48. The Morgan fingerprint density at radius 1 is 0.868 bits per heavy atom. The van der Waals surface area contributed by atoms with Crippen molar-refractivity contribution in [3.63, 3.8) is 0 Å². The summed E-state index contributed by atoms with van der Waals surface area (Å²) in [5.41, 5.74) is 10.8. The molecule has 2 heterocycles. The number of piperazine rings is 1. The molecule has 38 heavy (non-hydrogen) atoms. The maximum atomic E-state index is 12.3. The molecule has 5 rings (SSSR count). The number of aromatic nitrogens is 2. The van der Waals surface area contributed by atoms with Crippen LogP contribution in [0.4, 0.5) is 23.0 Å². The Kier molecular flexibility index (Phi) is 7.51. The van der Waals surface area contributed by atoms with Crippen LogP contribution in [0.5, 0.6) is 0 Å². The molecule has 0 atom stereocenters. The first-order valence-electron chi connectivity index (χ1n) is 12.7. The molecule has 8 heteroatoms. The van der Waals surface area contributed by atoms with Crippen molar-refractivity contribution in [1.82, 2.24) is 14.9 Å². The molecule has 3 aromatic carbocycles. The van der Waals surface area contributed by atoms with Crippen molar-refractivity contribution >= 4 is 29.0 Å². The first kappa shape index (κ1) is 25.2. The van der Waals surface area contributed by atoms with Crippen molar-refractivity contribution in [3.8, 4) is 0 Å². The Bertz CT molecular complexity index is 1330. The zero-order valence-electron chi connectivity index (χ0n) is 21.7. The fourth-order valence-corrected chi connectivity index (χ4v) is 5.14. The topological polar surface area (TPSA) is 87.8 Å². The molecule has 8 nitrogen and oxygen atoms in total. The third-order valence-corrected chi connectivity index (χ3v) is 7.04. The summed E-state index contributed by atoms with van der Waals surface area (Å²) >= 11 is 0. The molecule has 1 aliphatic heterocycles. The summed E-state index contributed by atoms with van der Waals surface area (Å²) in [6.45, 7) is 3.26. The number of ether oxygens (including phenoxy) is 1. The van der Waals surface area contributed by atoms with Gasteiger partial charge in [-0.2, -0.15) is 0 Å². The van der Waals surface area contributed by atoms with Crippen LogP contribution in [0.2, 0.25) is 0 Å². The third-order valence-electron chi connectivity index (χ3n) is 7.04. The summed E-state index contributed by atoms with van der Waals surface area (Å²) in [5, 5.41) is 0. The smallest absolute Gasteiger partial charge is 0.339 e. The Labute approximate surface area is 223 Å². The monoisotopic (exact) mass is 508 g/mol. The van der Waals surface area contributed by atoms with Gasteiger partial charge < -0.3 is 20.3 Å². The Balaban J connectivity index is 1.37. The van der Waals surface area contributed by atoms with Gasteiger partial charge in [0.1, 0.15) is 12.0 Å². The van der Waals surface area contributed by atoms with E-state index in [1.54, 1.807) is 12.1 Å². The highest BCUT2D eigenvalue weighted by Crippen LogP contribution is 2.35. The summed E-state index contributed by atoms with van der Waals surface area (Å²) in [6, 6.07) is 28.7. The third kappa shape index (κ3) is 5.03. The van der Waals surface area contributed by atoms with E-state index in [2.05, 4.69) is 80.4 Å². The fraction of sp³-hybridized carbons (Fsp3) is 0.233. The summed E-state index contributed by atoms with van der Waals surface area (Å²) in [5.74, 6) is 0.830. The highest BCUT2D eigenvalue weighted by molar-refractivity contribution is 5.97. The average molecular weight is 509 g/mol. The quantitative estimate of drug-likeness (QED) is 0.365. The van der Waals surface area contributed by atoms with Crippen LogP contribution in [0.1, 0.15) is 27.5 Å². The first-order valence-corrected chi connectivity index (χ1v) is 12.7. The van der Waals surface area contributed by atoms with Gasteiger partial charge in [-0.15, -0.1) is 0 Å². The Morgan fingerprint density at radius 2 is 1.45 bits per heavy atom. The van der Waals surface area contributed by atoms with Gasteiger partial charge in [0.05, 0.1) is 24.4 Å². The molecule has 0 amide bonds. The minimum atomic E-state index is -0.414. The standard InChI is InChI=1S/C30H32N6O2/c1-34(25-16-10-9-15-24(25)30(37)38-2)28-26(31)29(33-21-32-28)36-19-17-35(18-20-36)27(22-11-5-3-6-12-22)23-13-7-4-8-14-23/h3-16,21,27H,17-20,31H2,1-2H3. The average Bonchev–Trinajstić information content (AvgIpc) is 2.98. The minimum absolute atomic E-state index is 0.179. The molecule has 0 spiro atoms. The number of nitrogens with two attached hydrogens (primary N) is 1. The summed E-state index contributed by atoms with van der Waals surface area (Å²) < 4.78 is 4.96. The van der Waals surface area contributed by atoms with Crippen molar-refractivity contribution in [2.45, 2.75) is 6.04 Å². The first-order chi connectivity index (χ1) is 18.6. The highest BCUT2D eigenvalue weighted by Gasteiger charge is 2.28. The van der Waals surface area contributed by atoms with Gasteiger partial charge in [0.15, 0.2) is 11.6 Å². The molecule has 2 N–H and O–H groups in total. The number of anilines is 4. The molecule has 1 aromatic heterocycles. The van der Waals surface area contributed by atoms with Crippen LogP contribution in [-0.4, -0.2) is 61.2 Å². The van der Waals surface area contributed by atoms with Crippen LogP contribution >= 0.6 is 0 Å². The number of hydrogen-bond acceptors (Lipinski definition) is 8. The predicted octanol–water partition coefficient (Wildman–Crippen LogP) is 4.52. The molecular weight excluding hydrogens is 476 g/mol. The van der Waals surface area contributed by atoms with Crippen LogP contribution in [-0.2, 0) is 4.74 Å². The zero-order valence-corrected chi connectivity index (χ0v) is 21.7. The Morgan fingerprint density at radius 3 is 2.05 bits per heavy atom. The second-order valence-electron chi connectivity index (χ2n) is 9.25. The zero-order chi connectivity index (χ0) is 26.5. The van der Waals surface area contributed by atoms with Gasteiger partial charge in [0, 0.05) is 33.2 Å². The van der Waals surface area contributed by atoms with Crippen molar-refractivity contribution in [2.75, 3.05) is 55.9 Å². The van der Waals surface area contributed by atoms with Crippen LogP contribution < -0.4 is 15.5 Å². The number of methoxy groups -OCH3 is 1. The number of carbonyl (C=O) groups excluding carboxylic acids is 1. The highest BCUT2D eigenvalue weighted by atomic mass is 16.5. The summed E-state index contributed by atoms with van der Waals surface area (Å²) in [4.78, 5) is 27.9. The van der Waals surface area contributed by atoms with Crippen molar-refractivity contribution < 1.29 is 9.53 Å². The molecular formula is C30H32N6O2. The summed E-state index contributed by atoms with van der Waals surface area (Å²) in [7, 11) is 3.21. The molecule has 0 aliphatic carbocycles. The van der Waals surface area contributed by atoms with E-state index < -0.39 is 5.97 Å². The lowest BCUT2D eigenvalue weighted by atomic mass is 9.96. The maximum absolute atomic E-state index is 12.3. The number of esters is 1. The fourth-order valence-electron chi connectivity index (χ4n) is 5.14. The van der Waals surface area contributed by atoms with Crippen molar-refractivity contribution in [2.24, 2.45) is 0 Å². The van der Waals surface area contributed by atoms with E-state index in [1.807, 2.05) is 24.1 Å². The van der Waals surface area contributed by atoms with Gasteiger partial charge >= 0.3 is 5.97 Å². The molecule has 0 bridgehead atoms. The molecule has 1 fully saturated rings. The molecule has 0 radical (unpaired) electrons. The molecule has 0 unspecified atom stereocenters. The largest absolute Gasteiger partial charge is 0.465 e. The van der Waals surface area contributed by atoms with Gasteiger partial charge in [-0.05, 0) is 23.3 Å². The second-order valence-corrected chi connectivity index (χ2v) is 9.25. The van der Waals surface area contributed by atoms with Gasteiger partial charge in [0.25, 0.3) is 0 Å². The van der Waals surface area contributed by atoms with E-state index >= 15 is 0 Å². The molecule has 1 saturated heterocycles. The lowest BCUT2D eigenvalue weighted by Gasteiger charge is -2.40. The number of nitrogen functional groups attached to an aromatic ring is 1. The number of carbonyl (C=O) groups is 1. The van der Waals surface area contributed by atoms with E-state index in [9.17, 15) is 4.79 Å². The van der Waals surface area contributed by atoms with E-state index in [-0.39, 0.29) is 6.04 Å². The van der Waals surface area contributed by atoms with Gasteiger partial charge in [-0.1, -0.05) is 72.8 Å². The van der Waals surface area contributed by atoms with Gasteiger partial charge in [-0.25, -0.2) is 14.8 Å². The number of rotatable bonds is 7. The van der Waals surface area contributed by atoms with E-state index in [4.69, 9.17) is 10.5 Å². The number of hydrogen-bond donors (Lipinski definition) is 1. The molecule has 4 aromatic rings. The van der Waals surface area contributed by atoms with Crippen LogP contribution in [0.25, 0.3) is 0 Å². The van der Waals surface area contributed by atoms with Crippen LogP contribution in [0, 0.1) is 0 Å². The van der Waals surface area contributed by atoms with E-state index in [1.165, 1.54) is 24.6 Å². The normalized spacial score (nSPS) is 13.9. The minimum Gasteiger partial charge on any atom is -0.465 e. The number of para-hydroxylation sites is 1. The molecule has 1 aliphatic rings. The maximum Gasteiger partial charge on any atom is 0.339 e. The molecule has 194 valence electrons. The molecule has 0 saturated carbocycles. The number of nitrogens with zero attached hydrogens (tertiary/aromatic N) is 5.